The summed E-state index contributed by atoms with van der Waals surface area (Å²) in [7, 11) is 3.71. The molecule has 0 radical (unpaired) electrons. The van der Waals surface area contributed by atoms with Gasteiger partial charge in [-0.1, -0.05) is 0 Å². The molecule has 0 saturated carbocycles. The summed E-state index contributed by atoms with van der Waals surface area (Å²) in [6, 6.07) is 4.98. The Kier molecular flexibility index (Phi) is 4.70. The third-order valence-corrected chi connectivity index (χ3v) is 3.27. The molecule has 0 saturated heterocycles. The normalized spacial score (nSPS) is 11.3. The minimum atomic E-state index is -0.920. The van der Waals surface area contributed by atoms with E-state index in [0.717, 1.165) is 30.7 Å². The van der Waals surface area contributed by atoms with E-state index in [2.05, 4.69) is 9.88 Å². The maximum atomic E-state index is 11.0. The quantitative estimate of drug-likeness (QED) is 0.826. The van der Waals surface area contributed by atoms with Gasteiger partial charge in [-0.15, -0.1) is 0 Å². The summed E-state index contributed by atoms with van der Waals surface area (Å²) in [5, 5.41) is 9.04. The number of carboxylic acids is 1. The summed E-state index contributed by atoms with van der Waals surface area (Å²) in [6.07, 6.45) is 1.75. The van der Waals surface area contributed by atoms with Gasteiger partial charge in [-0.25, -0.2) is 9.78 Å². The van der Waals surface area contributed by atoms with Crippen molar-refractivity contribution in [1.29, 1.82) is 0 Å². The molecule has 0 aliphatic heterocycles. The summed E-state index contributed by atoms with van der Waals surface area (Å²) in [5.74, 6) is -0.920. The van der Waals surface area contributed by atoms with Gasteiger partial charge in [-0.3, -0.25) is 0 Å². The molecule has 6 heteroatoms. The Bertz CT molecular complexity index is 594. The van der Waals surface area contributed by atoms with Gasteiger partial charge in [0.2, 0.25) is 0 Å². The predicted molar refractivity (Wildman–Crippen MR) is 76.1 cm³/mol. The lowest BCUT2D eigenvalue weighted by Gasteiger charge is -2.16. The third kappa shape index (κ3) is 3.34. The lowest BCUT2D eigenvalue weighted by atomic mass is 10.2. The van der Waals surface area contributed by atoms with Gasteiger partial charge in [0.1, 0.15) is 0 Å². The number of aromatic nitrogens is 2. The van der Waals surface area contributed by atoms with Crippen molar-refractivity contribution in [2.45, 2.75) is 6.54 Å². The molecule has 0 aliphatic carbocycles. The van der Waals surface area contributed by atoms with Crippen molar-refractivity contribution in [3.05, 3.63) is 30.1 Å². The van der Waals surface area contributed by atoms with Crippen LogP contribution in [0.3, 0.4) is 0 Å². The third-order valence-electron chi connectivity index (χ3n) is 3.27. The molecule has 1 aromatic heterocycles. The summed E-state index contributed by atoms with van der Waals surface area (Å²) in [6.45, 7) is 3.18. The number of nitrogens with zero attached hydrogens (tertiary/aromatic N) is 3. The number of rotatable bonds is 7. The molecule has 2 aromatic rings. The van der Waals surface area contributed by atoms with Crippen LogP contribution >= 0.6 is 0 Å². The summed E-state index contributed by atoms with van der Waals surface area (Å²) in [5.41, 5.74) is 1.95. The number of fused-ring (bicyclic) bond motifs is 1. The average molecular weight is 277 g/mol. The molecule has 0 amide bonds. The molecule has 0 atom stereocenters. The fraction of sp³-hybridized carbons (Fsp3) is 0.429. The lowest BCUT2D eigenvalue weighted by Crippen LogP contribution is -2.26. The van der Waals surface area contributed by atoms with E-state index >= 15 is 0 Å². The number of aromatic carboxylic acids is 1. The second-order valence-corrected chi connectivity index (χ2v) is 4.74. The van der Waals surface area contributed by atoms with Crippen molar-refractivity contribution in [2.24, 2.45) is 0 Å². The molecule has 0 spiro atoms. The van der Waals surface area contributed by atoms with E-state index in [1.54, 1.807) is 31.6 Å². The van der Waals surface area contributed by atoms with E-state index in [-0.39, 0.29) is 5.56 Å². The van der Waals surface area contributed by atoms with E-state index in [4.69, 9.17) is 9.84 Å². The van der Waals surface area contributed by atoms with Crippen molar-refractivity contribution >= 4 is 17.0 Å². The van der Waals surface area contributed by atoms with E-state index in [1.165, 1.54) is 0 Å². The standard InChI is InChI=1S/C14H19N3O3/c1-16(7-8-20-2)5-6-17-10-15-12-4-3-11(14(18)19)9-13(12)17/h3-4,9-10H,5-8H2,1-2H3,(H,18,19). The summed E-state index contributed by atoms with van der Waals surface area (Å²) in [4.78, 5) is 17.5. The second kappa shape index (κ2) is 6.49. The Morgan fingerprint density at radius 1 is 1.45 bits per heavy atom. The number of carbonyl (C=O) groups is 1. The van der Waals surface area contributed by atoms with Crippen molar-refractivity contribution in [1.82, 2.24) is 14.5 Å². The van der Waals surface area contributed by atoms with E-state index in [0.29, 0.717) is 6.61 Å². The van der Waals surface area contributed by atoms with Gasteiger partial charge in [0.05, 0.1) is 29.5 Å². The largest absolute Gasteiger partial charge is 0.478 e. The molecule has 6 nitrogen and oxygen atoms in total. The number of ether oxygens (including phenoxy) is 1. The molecule has 0 unspecified atom stereocenters. The second-order valence-electron chi connectivity index (χ2n) is 4.74. The van der Waals surface area contributed by atoms with Gasteiger partial charge in [0.25, 0.3) is 0 Å². The monoisotopic (exact) mass is 277 g/mol. The number of likely N-dealkylation sites (N-methyl/N-ethyl adjacent to an activating group) is 1. The molecular formula is C14H19N3O3. The van der Waals surface area contributed by atoms with Gasteiger partial charge in [0.15, 0.2) is 0 Å². The molecule has 20 heavy (non-hydrogen) atoms. The highest BCUT2D eigenvalue weighted by Crippen LogP contribution is 2.15. The first-order valence-electron chi connectivity index (χ1n) is 6.47. The Labute approximate surface area is 117 Å². The Balaban J connectivity index is 2.10. The fourth-order valence-corrected chi connectivity index (χ4v) is 2.01. The van der Waals surface area contributed by atoms with E-state index < -0.39 is 5.97 Å². The maximum Gasteiger partial charge on any atom is 0.335 e. The van der Waals surface area contributed by atoms with Crippen LogP contribution in [0.25, 0.3) is 11.0 Å². The van der Waals surface area contributed by atoms with Crippen LogP contribution in [0.2, 0.25) is 0 Å². The number of hydrogen-bond donors (Lipinski definition) is 1. The summed E-state index contributed by atoms with van der Waals surface area (Å²) < 4.78 is 7.01. The Morgan fingerprint density at radius 2 is 2.25 bits per heavy atom. The van der Waals surface area contributed by atoms with Gasteiger partial charge in [0, 0.05) is 26.7 Å². The van der Waals surface area contributed by atoms with Gasteiger partial charge in [-0.2, -0.15) is 0 Å². The van der Waals surface area contributed by atoms with Gasteiger partial charge in [-0.05, 0) is 25.2 Å². The van der Waals surface area contributed by atoms with Crippen molar-refractivity contribution < 1.29 is 14.6 Å². The summed E-state index contributed by atoms with van der Waals surface area (Å²) >= 11 is 0. The minimum Gasteiger partial charge on any atom is -0.478 e. The Hall–Kier alpha value is -1.92. The van der Waals surface area contributed by atoms with Crippen LogP contribution in [-0.2, 0) is 11.3 Å². The molecule has 108 valence electrons. The smallest absolute Gasteiger partial charge is 0.335 e. The maximum absolute atomic E-state index is 11.0. The number of methoxy groups -OCH3 is 1. The minimum absolute atomic E-state index is 0.284. The van der Waals surface area contributed by atoms with Gasteiger partial charge >= 0.3 is 5.97 Å². The molecule has 0 bridgehead atoms. The highest BCUT2D eigenvalue weighted by Gasteiger charge is 2.08. The number of hydrogen-bond acceptors (Lipinski definition) is 4. The van der Waals surface area contributed by atoms with Crippen LogP contribution in [0.5, 0.6) is 0 Å². The van der Waals surface area contributed by atoms with Crippen LogP contribution in [0, 0.1) is 0 Å². The molecule has 0 fully saturated rings. The fourth-order valence-electron chi connectivity index (χ4n) is 2.01. The topological polar surface area (TPSA) is 67.6 Å². The zero-order valence-corrected chi connectivity index (χ0v) is 11.7. The predicted octanol–water partition coefficient (Wildman–Crippen LogP) is 1.31. The number of carboxylic acid groups (broad SMARTS) is 1. The first kappa shape index (κ1) is 14.5. The van der Waals surface area contributed by atoms with Crippen LogP contribution in [0.1, 0.15) is 10.4 Å². The zero-order valence-electron chi connectivity index (χ0n) is 11.7. The van der Waals surface area contributed by atoms with Crippen LogP contribution in [0.15, 0.2) is 24.5 Å². The lowest BCUT2D eigenvalue weighted by molar-refractivity contribution is 0.0697. The number of benzene rings is 1. The highest BCUT2D eigenvalue weighted by molar-refractivity contribution is 5.92. The molecule has 1 N–H and O–H groups in total. The van der Waals surface area contributed by atoms with Crippen LogP contribution in [-0.4, -0.2) is 59.4 Å². The van der Waals surface area contributed by atoms with Crippen molar-refractivity contribution in [2.75, 3.05) is 33.9 Å². The van der Waals surface area contributed by atoms with Crippen LogP contribution in [0.4, 0.5) is 0 Å². The van der Waals surface area contributed by atoms with Gasteiger partial charge < -0.3 is 19.3 Å². The molecule has 1 heterocycles. The number of imidazole rings is 1. The van der Waals surface area contributed by atoms with Crippen molar-refractivity contribution in [3.8, 4) is 0 Å². The molecule has 2 rings (SSSR count). The molecule has 1 aromatic carbocycles. The molecular weight excluding hydrogens is 258 g/mol. The average Bonchev–Trinajstić information content (AvgIpc) is 2.85. The zero-order chi connectivity index (χ0) is 14.5. The molecule has 0 aliphatic rings. The highest BCUT2D eigenvalue weighted by atomic mass is 16.5. The Morgan fingerprint density at radius 3 is 2.95 bits per heavy atom. The first-order valence-corrected chi connectivity index (χ1v) is 6.47. The first-order chi connectivity index (χ1) is 9.61. The van der Waals surface area contributed by atoms with Crippen molar-refractivity contribution in [3.63, 3.8) is 0 Å². The SMILES string of the molecule is COCCN(C)CCn1cnc2ccc(C(=O)O)cc21. The van der Waals surface area contributed by atoms with E-state index in [9.17, 15) is 4.79 Å². The van der Waals surface area contributed by atoms with E-state index in [1.807, 2.05) is 11.6 Å². The van der Waals surface area contributed by atoms with Crippen LogP contribution < -0.4 is 0 Å².